The number of rotatable bonds is 5. The Labute approximate surface area is 164 Å². The number of benzene rings is 2. The summed E-state index contributed by atoms with van der Waals surface area (Å²) in [6, 6.07) is 13.1. The molecule has 1 saturated heterocycles. The number of carbonyl (C=O) groups excluding carboxylic acids is 1. The van der Waals surface area contributed by atoms with Crippen LogP contribution in [0, 0.1) is 11.3 Å². The molecule has 0 atom stereocenters. The van der Waals surface area contributed by atoms with Crippen molar-refractivity contribution in [1.29, 1.82) is 5.26 Å². The molecule has 8 heteroatoms. The minimum absolute atomic E-state index is 0.0121. The van der Waals surface area contributed by atoms with Crippen LogP contribution in [0.3, 0.4) is 0 Å². The first-order valence-corrected chi connectivity index (χ1v) is 10.3. The lowest BCUT2D eigenvalue weighted by molar-refractivity contribution is 0.0992. The first kappa shape index (κ1) is 19.9. The summed E-state index contributed by atoms with van der Waals surface area (Å²) in [7, 11) is -0.761. The number of ether oxygens (including phenoxy) is 1. The fourth-order valence-corrected chi connectivity index (χ4v) is 4.87. The summed E-state index contributed by atoms with van der Waals surface area (Å²) in [4.78, 5) is 14.3. The van der Waals surface area contributed by atoms with Crippen LogP contribution >= 0.6 is 0 Å². The van der Waals surface area contributed by atoms with Crippen LogP contribution in [0.4, 0.5) is 5.69 Å². The first-order chi connectivity index (χ1) is 13.4. The molecule has 0 N–H and O–H groups in total. The molecule has 0 saturated carbocycles. The second kappa shape index (κ2) is 8.00. The molecule has 0 aromatic heterocycles. The van der Waals surface area contributed by atoms with Crippen molar-refractivity contribution in [2.75, 3.05) is 32.1 Å². The van der Waals surface area contributed by atoms with Gasteiger partial charge in [0, 0.05) is 31.4 Å². The number of sulfonamides is 1. The van der Waals surface area contributed by atoms with E-state index in [1.165, 1.54) is 34.5 Å². The molecule has 2 aromatic carbocycles. The smallest absolute Gasteiger partial charge is 0.258 e. The van der Waals surface area contributed by atoms with Gasteiger partial charge in [0.2, 0.25) is 10.0 Å². The third-order valence-electron chi connectivity index (χ3n) is 4.76. The van der Waals surface area contributed by atoms with E-state index in [1.54, 1.807) is 31.3 Å². The van der Waals surface area contributed by atoms with Crippen molar-refractivity contribution in [2.45, 2.75) is 17.7 Å². The van der Waals surface area contributed by atoms with Crippen LogP contribution in [0.15, 0.2) is 47.4 Å². The SMILES string of the molecule is COc1ccc(C(=O)N(C)c2cccc(C#N)c2)cc1S(=O)(=O)N1CCCC1. The lowest BCUT2D eigenvalue weighted by Gasteiger charge is -2.20. The molecule has 0 aliphatic carbocycles. The molecule has 1 aliphatic rings. The van der Waals surface area contributed by atoms with Crippen LogP contribution in [0.25, 0.3) is 0 Å². The molecule has 0 spiro atoms. The van der Waals surface area contributed by atoms with Gasteiger partial charge in [0.25, 0.3) is 5.91 Å². The van der Waals surface area contributed by atoms with Crippen LogP contribution in [0.1, 0.15) is 28.8 Å². The van der Waals surface area contributed by atoms with E-state index in [0.29, 0.717) is 24.3 Å². The Morgan fingerprint density at radius 3 is 2.54 bits per heavy atom. The second-order valence-electron chi connectivity index (χ2n) is 6.50. The zero-order valence-electron chi connectivity index (χ0n) is 15.8. The summed E-state index contributed by atoms with van der Waals surface area (Å²) in [5.41, 5.74) is 1.21. The Balaban J connectivity index is 1.98. The molecule has 28 heavy (non-hydrogen) atoms. The highest BCUT2D eigenvalue weighted by molar-refractivity contribution is 7.89. The number of nitriles is 1. The average molecular weight is 399 g/mol. The van der Waals surface area contributed by atoms with Gasteiger partial charge in [0.15, 0.2) is 0 Å². The van der Waals surface area contributed by atoms with Gasteiger partial charge in [-0.15, -0.1) is 0 Å². The van der Waals surface area contributed by atoms with Crippen LogP contribution < -0.4 is 9.64 Å². The molecule has 2 aromatic rings. The minimum Gasteiger partial charge on any atom is -0.495 e. The van der Waals surface area contributed by atoms with E-state index in [0.717, 1.165) is 12.8 Å². The maximum absolute atomic E-state index is 13.0. The van der Waals surface area contributed by atoms with Crippen LogP contribution in [-0.2, 0) is 10.0 Å². The summed E-state index contributed by atoms with van der Waals surface area (Å²) < 4.78 is 32.6. The highest BCUT2D eigenvalue weighted by Crippen LogP contribution is 2.30. The van der Waals surface area contributed by atoms with Crippen molar-refractivity contribution in [1.82, 2.24) is 4.31 Å². The molecule has 1 aliphatic heterocycles. The van der Waals surface area contributed by atoms with Crippen LogP contribution in [0.5, 0.6) is 5.75 Å². The Bertz CT molecular complexity index is 1040. The Morgan fingerprint density at radius 1 is 1.18 bits per heavy atom. The molecule has 0 unspecified atom stereocenters. The third-order valence-corrected chi connectivity index (χ3v) is 6.68. The van der Waals surface area contributed by atoms with Gasteiger partial charge in [0.1, 0.15) is 10.6 Å². The summed E-state index contributed by atoms with van der Waals surface area (Å²) in [6.45, 7) is 0.926. The van der Waals surface area contributed by atoms with E-state index in [4.69, 9.17) is 10.00 Å². The van der Waals surface area contributed by atoms with Crippen LogP contribution in [0.2, 0.25) is 0 Å². The van der Waals surface area contributed by atoms with Crippen molar-refractivity contribution in [3.05, 3.63) is 53.6 Å². The number of hydrogen-bond acceptors (Lipinski definition) is 5. The predicted octanol–water partition coefficient (Wildman–Crippen LogP) is 2.63. The zero-order valence-corrected chi connectivity index (χ0v) is 16.6. The standard InChI is InChI=1S/C20H21N3O4S/c1-22(17-7-5-6-15(12-17)14-21)20(24)16-8-9-18(27-2)19(13-16)28(25,26)23-10-3-4-11-23/h5-9,12-13H,3-4,10-11H2,1-2H3. The summed E-state index contributed by atoms with van der Waals surface area (Å²) in [6.07, 6.45) is 1.64. The largest absolute Gasteiger partial charge is 0.495 e. The van der Waals surface area contributed by atoms with Gasteiger partial charge < -0.3 is 9.64 Å². The van der Waals surface area contributed by atoms with Gasteiger partial charge in [-0.2, -0.15) is 9.57 Å². The maximum atomic E-state index is 13.0. The maximum Gasteiger partial charge on any atom is 0.258 e. The molecule has 146 valence electrons. The predicted molar refractivity (Wildman–Crippen MR) is 105 cm³/mol. The molecule has 1 heterocycles. The highest BCUT2D eigenvalue weighted by atomic mass is 32.2. The van der Waals surface area contributed by atoms with Crippen molar-refractivity contribution in [3.8, 4) is 11.8 Å². The van der Waals surface area contributed by atoms with E-state index >= 15 is 0 Å². The Morgan fingerprint density at radius 2 is 1.89 bits per heavy atom. The van der Waals surface area contributed by atoms with E-state index in [-0.39, 0.29) is 22.1 Å². The fraction of sp³-hybridized carbons (Fsp3) is 0.300. The van der Waals surface area contributed by atoms with Crippen molar-refractivity contribution >= 4 is 21.6 Å². The lowest BCUT2D eigenvalue weighted by Crippen LogP contribution is -2.29. The summed E-state index contributed by atoms with van der Waals surface area (Å²) in [5.74, 6) is -0.173. The van der Waals surface area contributed by atoms with Gasteiger partial charge in [-0.25, -0.2) is 8.42 Å². The molecular weight excluding hydrogens is 378 g/mol. The normalized spacial score (nSPS) is 14.5. The average Bonchev–Trinajstić information content (AvgIpc) is 3.28. The van der Waals surface area contributed by atoms with Gasteiger partial charge >= 0.3 is 0 Å². The van der Waals surface area contributed by atoms with Crippen LogP contribution in [-0.4, -0.2) is 45.9 Å². The van der Waals surface area contributed by atoms with Crippen molar-refractivity contribution < 1.29 is 17.9 Å². The minimum atomic E-state index is -3.74. The van der Waals surface area contributed by atoms with E-state index in [1.807, 2.05) is 6.07 Å². The topological polar surface area (TPSA) is 90.7 Å². The van der Waals surface area contributed by atoms with Gasteiger partial charge in [-0.05, 0) is 49.2 Å². The summed E-state index contributed by atoms with van der Waals surface area (Å²) >= 11 is 0. The molecule has 3 rings (SSSR count). The van der Waals surface area contributed by atoms with E-state index < -0.39 is 10.0 Å². The molecular formula is C20H21N3O4S. The monoisotopic (exact) mass is 399 g/mol. The van der Waals surface area contributed by atoms with Crippen molar-refractivity contribution in [3.63, 3.8) is 0 Å². The first-order valence-electron chi connectivity index (χ1n) is 8.85. The number of hydrogen-bond donors (Lipinski definition) is 0. The fourth-order valence-electron chi connectivity index (χ4n) is 3.17. The summed E-state index contributed by atoms with van der Waals surface area (Å²) in [5, 5.41) is 9.05. The Hall–Kier alpha value is -2.89. The molecule has 0 bridgehead atoms. The molecule has 1 amide bonds. The Kier molecular flexibility index (Phi) is 5.68. The highest BCUT2D eigenvalue weighted by Gasteiger charge is 2.31. The number of amides is 1. The van der Waals surface area contributed by atoms with Gasteiger partial charge in [-0.3, -0.25) is 4.79 Å². The van der Waals surface area contributed by atoms with Crippen molar-refractivity contribution in [2.24, 2.45) is 0 Å². The molecule has 1 fully saturated rings. The number of anilines is 1. The number of carbonyl (C=O) groups is 1. The van der Waals surface area contributed by atoms with E-state index in [2.05, 4.69) is 0 Å². The third kappa shape index (κ3) is 3.72. The van der Waals surface area contributed by atoms with Gasteiger partial charge in [-0.1, -0.05) is 6.07 Å². The zero-order chi connectivity index (χ0) is 20.3. The number of methoxy groups -OCH3 is 1. The lowest BCUT2D eigenvalue weighted by atomic mass is 10.1. The molecule has 7 nitrogen and oxygen atoms in total. The van der Waals surface area contributed by atoms with E-state index in [9.17, 15) is 13.2 Å². The second-order valence-corrected chi connectivity index (χ2v) is 8.41. The quantitative estimate of drug-likeness (QED) is 0.771. The van der Waals surface area contributed by atoms with Gasteiger partial charge in [0.05, 0.1) is 18.7 Å². The molecule has 0 radical (unpaired) electrons. The number of nitrogens with zero attached hydrogens (tertiary/aromatic N) is 3.